The molecule has 0 bridgehead atoms. The minimum Gasteiger partial charge on any atom is -0.496 e. The number of carboxylic acid groups (broad SMARTS) is 1. The van der Waals surface area contributed by atoms with Crippen molar-refractivity contribution >= 4 is 17.7 Å². The van der Waals surface area contributed by atoms with E-state index in [1.165, 1.54) is 11.8 Å². The van der Waals surface area contributed by atoms with Crippen LogP contribution in [0.3, 0.4) is 0 Å². The van der Waals surface area contributed by atoms with Crippen molar-refractivity contribution < 1.29 is 14.6 Å². The van der Waals surface area contributed by atoms with Crippen LogP contribution in [0.4, 0.5) is 0 Å². The molecule has 1 N–H and O–H groups in total. The highest BCUT2D eigenvalue weighted by Crippen LogP contribution is 2.31. The zero-order valence-electron chi connectivity index (χ0n) is 8.06. The first-order valence-electron chi connectivity index (χ1n) is 4.17. The van der Waals surface area contributed by atoms with Crippen LogP contribution in [-0.4, -0.2) is 23.4 Å². The van der Waals surface area contributed by atoms with Crippen LogP contribution in [0.25, 0.3) is 0 Å². The lowest BCUT2D eigenvalue weighted by molar-refractivity contribution is -0.136. The summed E-state index contributed by atoms with van der Waals surface area (Å²) >= 11 is 1.28. The topological polar surface area (TPSA) is 46.5 Å². The largest absolute Gasteiger partial charge is 0.496 e. The summed E-state index contributed by atoms with van der Waals surface area (Å²) in [5, 5.41) is 8.28. The Morgan fingerprint density at radius 2 is 2.14 bits per heavy atom. The highest BCUT2D eigenvalue weighted by molar-refractivity contribution is 8.00. The summed E-state index contributed by atoms with van der Waals surface area (Å²) in [6.45, 7) is 1.65. The summed E-state index contributed by atoms with van der Waals surface area (Å²) < 4.78 is 5.11. The number of rotatable bonds is 4. The van der Waals surface area contributed by atoms with Gasteiger partial charge in [-0.05, 0) is 19.1 Å². The zero-order chi connectivity index (χ0) is 10.6. The Morgan fingerprint density at radius 3 is 2.71 bits per heavy atom. The number of para-hydroxylation sites is 1. The number of hydrogen-bond acceptors (Lipinski definition) is 3. The predicted molar refractivity (Wildman–Crippen MR) is 55.9 cm³/mol. The van der Waals surface area contributed by atoms with Crippen molar-refractivity contribution in [3.05, 3.63) is 24.3 Å². The van der Waals surface area contributed by atoms with Gasteiger partial charge in [0.2, 0.25) is 0 Å². The molecule has 3 nitrogen and oxygen atoms in total. The average Bonchev–Trinajstić information content (AvgIpc) is 2.18. The molecule has 4 heteroatoms. The predicted octanol–water partition coefficient (Wildman–Crippen LogP) is 2.26. The van der Waals surface area contributed by atoms with Gasteiger partial charge in [0.15, 0.2) is 0 Å². The number of methoxy groups -OCH3 is 1. The molecule has 76 valence electrons. The van der Waals surface area contributed by atoms with Crippen LogP contribution in [0.1, 0.15) is 6.92 Å². The van der Waals surface area contributed by atoms with E-state index < -0.39 is 11.2 Å². The first-order valence-corrected chi connectivity index (χ1v) is 5.05. The fraction of sp³-hybridized carbons (Fsp3) is 0.300. The van der Waals surface area contributed by atoms with Crippen molar-refractivity contribution in [3.63, 3.8) is 0 Å². The smallest absolute Gasteiger partial charge is 0.316 e. The van der Waals surface area contributed by atoms with E-state index in [9.17, 15) is 4.79 Å². The number of hydrogen-bond donors (Lipinski definition) is 1. The third kappa shape index (κ3) is 2.67. The normalized spacial score (nSPS) is 12.1. The lowest BCUT2D eigenvalue weighted by Crippen LogP contribution is -2.11. The molecule has 0 spiro atoms. The minimum atomic E-state index is -0.819. The highest BCUT2D eigenvalue weighted by Gasteiger charge is 2.14. The molecule has 1 aromatic rings. The van der Waals surface area contributed by atoms with E-state index in [1.807, 2.05) is 24.3 Å². The number of carbonyl (C=O) groups is 1. The van der Waals surface area contributed by atoms with Gasteiger partial charge in [0.1, 0.15) is 11.0 Å². The van der Waals surface area contributed by atoms with Crippen LogP contribution < -0.4 is 4.74 Å². The SMILES string of the molecule is COc1ccccc1SC(C)C(=O)O. The van der Waals surface area contributed by atoms with Crippen molar-refractivity contribution in [1.29, 1.82) is 0 Å². The molecule has 0 aliphatic heterocycles. The molecule has 0 heterocycles. The molecule has 14 heavy (non-hydrogen) atoms. The number of ether oxygens (including phenoxy) is 1. The standard InChI is InChI=1S/C10H12O3S/c1-7(10(11)12)14-9-6-4-3-5-8(9)13-2/h3-7H,1-2H3,(H,11,12). The Morgan fingerprint density at radius 1 is 1.50 bits per heavy atom. The Labute approximate surface area is 87.1 Å². The van der Waals surface area contributed by atoms with Crippen molar-refractivity contribution in [2.45, 2.75) is 17.1 Å². The van der Waals surface area contributed by atoms with Crippen molar-refractivity contribution in [1.82, 2.24) is 0 Å². The zero-order valence-corrected chi connectivity index (χ0v) is 8.88. The molecule has 0 aliphatic carbocycles. The minimum absolute atomic E-state index is 0.466. The first-order chi connectivity index (χ1) is 6.65. The number of benzene rings is 1. The Bertz CT molecular complexity index is 325. The second-order valence-corrected chi connectivity index (χ2v) is 4.13. The summed E-state index contributed by atoms with van der Waals surface area (Å²) in [6, 6.07) is 7.38. The molecular formula is C10H12O3S. The second kappa shape index (κ2) is 4.91. The summed E-state index contributed by atoms with van der Waals surface area (Å²) in [5.74, 6) is -0.105. The van der Waals surface area contributed by atoms with Gasteiger partial charge in [-0.25, -0.2) is 0 Å². The van der Waals surface area contributed by atoms with Gasteiger partial charge in [-0.3, -0.25) is 4.79 Å². The molecule has 0 aliphatic rings. The fourth-order valence-electron chi connectivity index (χ4n) is 0.957. The van der Waals surface area contributed by atoms with Crippen LogP contribution in [0.15, 0.2) is 29.2 Å². The van der Waals surface area contributed by atoms with Gasteiger partial charge in [-0.15, -0.1) is 11.8 Å². The van der Waals surface area contributed by atoms with Crippen molar-refractivity contribution in [2.24, 2.45) is 0 Å². The number of carboxylic acids is 1. The van der Waals surface area contributed by atoms with Crippen LogP contribution in [-0.2, 0) is 4.79 Å². The van der Waals surface area contributed by atoms with Gasteiger partial charge in [-0.2, -0.15) is 0 Å². The molecular weight excluding hydrogens is 200 g/mol. The molecule has 0 saturated carbocycles. The highest BCUT2D eigenvalue weighted by atomic mass is 32.2. The summed E-state index contributed by atoms with van der Waals surface area (Å²) in [7, 11) is 1.57. The van der Waals surface area contributed by atoms with Crippen LogP contribution >= 0.6 is 11.8 Å². The quantitative estimate of drug-likeness (QED) is 0.778. The maximum atomic E-state index is 10.6. The van der Waals surface area contributed by atoms with E-state index >= 15 is 0 Å². The van der Waals surface area contributed by atoms with E-state index in [4.69, 9.17) is 9.84 Å². The summed E-state index contributed by atoms with van der Waals surface area (Å²) in [5.41, 5.74) is 0. The first kappa shape index (κ1) is 10.9. The Balaban J connectivity index is 2.80. The van der Waals surface area contributed by atoms with E-state index in [0.717, 1.165) is 4.90 Å². The van der Waals surface area contributed by atoms with Crippen LogP contribution in [0, 0.1) is 0 Å². The summed E-state index contributed by atoms with van der Waals surface area (Å²) in [4.78, 5) is 11.5. The van der Waals surface area contributed by atoms with Crippen molar-refractivity contribution in [2.75, 3.05) is 7.11 Å². The Hall–Kier alpha value is -1.16. The van der Waals surface area contributed by atoms with Gasteiger partial charge >= 0.3 is 5.97 Å². The third-order valence-corrected chi connectivity index (χ3v) is 2.87. The molecule has 0 radical (unpaired) electrons. The van der Waals surface area contributed by atoms with E-state index in [0.29, 0.717) is 5.75 Å². The van der Waals surface area contributed by atoms with Gasteiger partial charge in [-0.1, -0.05) is 12.1 Å². The molecule has 1 aromatic carbocycles. The lowest BCUT2D eigenvalue weighted by Gasteiger charge is -2.09. The molecule has 0 aromatic heterocycles. The van der Waals surface area contributed by atoms with E-state index in [1.54, 1.807) is 14.0 Å². The molecule has 0 amide bonds. The molecule has 1 rings (SSSR count). The monoisotopic (exact) mass is 212 g/mol. The maximum Gasteiger partial charge on any atom is 0.316 e. The lowest BCUT2D eigenvalue weighted by atomic mass is 10.3. The second-order valence-electron chi connectivity index (χ2n) is 2.75. The third-order valence-electron chi connectivity index (χ3n) is 1.72. The summed E-state index contributed by atoms with van der Waals surface area (Å²) in [6.07, 6.45) is 0. The van der Waals surface area contributed by atoms with E-state index in [2.05, 4.69) is 0 Å². The average molecular weight is 212 g/mol. The number of thioether (sulfide) groups is 1. The molecule has 0 fully saturated rings. The molecule has 1 unspecified atom stereocenters. The number of aliphatic carboxylic acids is 1. The van der Waals surface area contributed by atoms with Gasteiger partial charge in [0.25, 0.3) is 0 Å². The van der Waals surface area contributed by atoms with Gasteiger partial charge in [0, 0.05) is 0 Å². The fourth-order valence-corrected chi connectivity index (χ4v) is 1.86. The van der Waals surface area contributed by atoms with Crippen LogP contribution in [0.5, 0.6) is 5.75 Å². The van der Waals surface area contributed by atoms with Gasteiger partial charge < -0.3 is 9.84 Å². The van der Waals surface area contributed by atoms with Crippen LogP contribution in [0.2, 0.25) is 0 Å². The molecule has 0 saturated heterocycles. The molecule has 1 atom stereocenters. The Kier molecular flexibility index (Phi) is 3.83. The van der Waals surface area contributed by atoms with Crippen molar-refractivity contribution in [3.8, 4) is 5.75 Å². The van der Waals surface area contributed by atoms with E-state index in [-0.39, 0.29) is 0 Å². The maximum absolute atomic E-state index is 10.6. The van der Waals surface area contributed by atoms with Gasteiger partial charge in [0.05, 0.1) is 12.0 Å².